The molecular weight excluding hydrogens is 170 g/mol. The monoisotopic (exact) mass is 183 g/mol. The van der Waals surface area contributed by atoms with E-state index in [0.717, 1.165) is 0 Å². The Morgan fingerprint density at radius 2 is 2.54 bits per heavy atom. The first kappa shape index (κ1) is 9.73. The van der Waals surface area contributed by atoms with Gasteiger partial charge in [-0.1, -0.05) is 0 Å². The van der Waals surface area contributed by atoms with Gasteiger partial charge in [0.05, 0.1) is 19.6 Å². The van der Waals surface area contributed by atoms with E-state index < -0.39 is 5.97 Å². The lowest BCUT2D eigenvalue weighted by atomic mass is 10.3. The fourth-order valence-electron chi connectivity index (χ4n) is 1.05. The van der Waals surface area contributed by atoms with Gasteiger partial charge in [0.2, 0.25) is 0 Å². The van der Waals surface area contributed by atoms with E-state index in [1.54, 1.807) is 10.9 Å². The molecule has 2 N–H and O–H groups in total. The number of esters is 1. The summed E-state index contributed by atoms with van der Waals surface area (Å²) in [6, 6.07) is -0.0161. The third-order valence-corrected chi connectivity index (χ3v) is 1.59. The van der Waals surface area contributed by atoms with Crippen molar-refractivity contribution in [3.05, 3.63) is 18.2 Å². The number of imidazole rings is 1. The van der Waals surface area contributed by atoms with E-state index in [2.05, 4.69) is 9.72 Å². The van der Waals surface area contributed by atoms with Crippen molar-refractivity contribution < 1.29 is 9.53 Å². The van der Waals surface area contributed by atoms with Gasteiger partial charge >= 0.3 is 5.97 Å². The van der Waals surface area contributed by atoms with E-state index in [9.17, 15) is 4.79 Å². The van der Waals surface area contributed by atoms with Crippen LogP contribution < -0.4 is 5.73 Å². The van der Waals surface area contributed by atoms with Crippen LogP contribution in [-0.4, -0.2) is 28.7 Å². The Labute approximate surface area is 76.5 Å². The molecule has 0 aliphatic heterocycles. The number of carbonyl (C=O) groups is 1. The van der Waals surface area contributed by atoms with E-state index >= 15 is 0 Å². The van der Waals surface area contributed by atoms with Crippen molar-refractivity contribution in [3.63, 3.8) is 0 Å². The Hall–Kier alpha value is -1.36. The lowest BCUT2D eigenvalue weighted by Gasteiger charge is -2.08. The smallest absolute Gasteiger partial charge is 0.356 e. The summed E-state index contributed by atoms with van der Waals surface area (Å²) in [7, 11) is 1.34. The van der Waals surface area contributed by atoms with Gasteiger partial charge in [-0.15, -0.1) is 0 Å². The lowest BCUT2D eigenvalue weighted by molar-refractivity contribution is 0.0588. The molecule has 0 saturated carbocycles. The minimum Gasteiger partial charge on any atom is -0.464 e. The fraction of sp³-hybridized carbons (Fsp3) is 0.500. The van der Waals surface area contributed by atoms with Gasteiger partial charge < -0.3 is 15.0 Å². The van der Waals surface area contributed by atoms with Gasteiger partial charge in [0.15, 0.2) is 0 Å². The van der Waals surface area contributed by atoms with Crippen LogP contribution in [0.3, 0.4) is 0 Å². The molecule has 0 amide bonds. The highest BCUT2D eigenvalue weighted by molar-refractivity contribution is 5.87. The van der Waals surface area contributed by atoms with Crippen LogP contribution in [0.15, 0.2) is 12.5 Å². The van der Waals surface area contributed by atoms with Gasteiger partial charge in [0, 0.05) is 12.6 Å². The number of ether oxygens (including phenoxy) is 1. The Bertz CT molecular complexity index is 293. The van der Waals surface area contributed by atoms with Gasteiger partial charge in [0.25, 0.3) is 0 Å². The molecule has 1 atom stereocenters. The van der Waals surface area contributed by atoms with E-state index in [1.807, 2.05) is 6.92 Å². The molecular formula is C8H13N3O2. The second kappa shape index (κ2) is 4.04. The van der Waals surface area contributed by atoms with Gasteiger partial charge in [-0.05, 0) is 6.92 Å². The van der Waals surface area contributed by atoms with Crippen LogP contribution in [0.25, 0.3) is 0 Å². The highest BCUT2D eigenvalue weighted by atomic mass is 16.5. The highest BCUT2D eigenvalue weighted by Crippen LogP contribution is 2.01. The molecule has 0 aliphatic rings. The summed E-state index contributed by atoms with van der Waals surface area (Å²) in [5.41, 5.74) is 6.02. The van der Waals surface area contributed by atoms with Gasteiger partial charge in [-0.2, -0.15) is 0 Å². The Morgan fingerprint density at radius 3 is 3.08 bits per heavy atom. The van der Waals surface area contributed by atoms with Crippen molar-refractivity contribution in [2.24, 2.45) is 5.73 Å². The molecule has 1 aromatic rings. The maximum absolute atomic E-state index is 11.2. The predicted octanol–water partition coefficient (Wildman–Crippen LogP) is 0.0169. The summed E-state index contributed by atoms with van der Waals surface area (Å²) in [4.78, 5) is 15.0. The number of nitrogens with zero attached hydrogens (tertiary/aromatic N) is 2. The third-order valence-electron chi connectivity index (χ3n) is 1.59. The number of methoxy groups -OCH3 is 1. The number of hydrogen-bond donors (Lipinski definition) is 1. The molecule has 0 aliphatic carbocycles. The molecule has 72 valence electrons. The number of carbonyl (C=O) groups excluding carboxylic acids is 1. The standard InChI is InChI=1S/C8H13N3O2/c1-6(9)4-11-5-10-3-7(11)8(12)13-2/h3,5-6H,4,9H2,1-2H3/t6-/m1/s1. The number of nitrogens with two attached hydrogens (primary N) is 1. The second-order valence-electron chi connectivity index (χ2n) is 2.90. The molecule has 1 aromatic heterocycles. The normalized spacial score (nSPS) is 12.5. The minimum atomic E-state index is -0.391. The lowest BCUT2D eigenvalue weighted by Crippen LogP contribution is -2.24. The zero-order chi connectivity index (χ0) is 9.84. The number of rotatable bonds is 3. The first-order valence-corrected chi connectivity index (χ1v) is 3.99. The molecule has 13 heavy (non-hydrogen) atoms. The second-order valence-corrected chi connectivity index (χ2v) is 2.90. The molecule has 5 nitrogen and oxygen atoms in total. The van der Waals surface area contributed by atoms with Crippen LogP contribution >= 0.6 is 0 Å². The zero-order valence-corrected chi connectivity index (χ0v) is 7.73. The van der Waals surface area contributed by atoms with Crippen LogP contribution in [0.2, 0.25) is 0 Å². The first-order valence-electron chi connectivity index (χ1n) is 3.99. The number of hydrogen-bond acceptors (Lipinski definition) is 4. The van der Waals surface area contributed by atoms with Crippen molar-refractivity contribution >= 4 is 5.97 Å². The van der Waals surface area contributed by atoms with Crippen LogP contribution in [-0.2, 0) is 11.3 Å². The van der Waals surface area contributed by atoms with Crippen molar-refractivity contribution in [2.75, 3.05) is 7.11 Å². The Morgan fingerprint density at radius 1 is 1.85 bits per heavy atom. The summed E-state index contributed by atoms with van der Waals surface area (Å²) in [6.45, 7) is 2.42. The Balaban J connectivity index is 2.83. The average molecular weight is 183 g/mol. The third kappa shape index (κ3) is 2.29. The molecule has 0 unspecified atom stereocenters. The van der Waals surface area contributed by atoms with Crippen LogP contribution in [0.4, 0.5) is 0 Å². The van der Waals surface area contributed by atoms with Crippen molar-refractivity contribution in [2.45, 2.75) is 19.5 Å². The van der Waals surface area contributed by atoms with Gasteiger partial charge in [-0.25, -0.2) is 9.78 Å². The van der Waals surface area contributed by atoms with E-state index in [1.165, 1.54) is 13.3 Å². The minimum absolute atomic E-state index is 0.0161. The topological polar surface area (TPSA) is 70.1 Å². The van der Waals surface area contributed by atoms with Gasteiger partial charge in [-0.3, -0.25) is 0 Å². The van der Waals surface area contributed by atoms with Crippen LogP contribution in [0, 0.1) is 0 Å². The summed E-state index contributed by atoms with van der Waals surface area (Å²) < 4.78 is 6.25. The van der Waals surface area contributed by atoms with Gasteiger partial charge in [0.1, 0.15) is 5.69 Å². The largest absolute Gasteiger partial charge is 0.464 e. The SMILES string of the molecule is COC(=O)c1cncn1C[C@@H](C)N. The zero-order valence-electron chi connectivity index (χ0n) is 7.73. The van der Waals surface area contributed by atoms with Crippen molar-refractivity contribution in [3.8, 4) is 0 Å². The summed E-state index contributed by atoms with van der Waals surface area (Å²) in [5, 5.41) is 0. The molecule has 0 radical (unpaired) electrons. The molecule has 0 aromatic carbocycles. The first-order chi connectivity index (χ1) is 6.15. The molecule has 0 saturated heterocycles. The maximum atomic E-state index is 11.2. The van der Waals surface area contributed by atoms with E-state index in [0.29, 0.717) is 12.2 Å². The predicted molar refractivity (Wildman–Crippen MR) is 47.2 cm³/mol. The highest BCUT2D eigenvalue weighted by Gasteiger charge is 2.11. The van der Waals surface area contributed by atoms with Crippen molar-refractivity contribution in [1.82, 2.24) is 9.55 Å². The molecule has 1 rings (SSSR count). The average Bonchev–Trinajstić information content (AvgIpc) is 2.50. The summed E-state index contributed by atoms with van der Waals surface area (Å²) in [5.74, 6) is -0.391. The fourth-order valence-corrected chi connectivity index (χ4v) is 1.05. The molecule has 0 fully saturated rings. The van der Waals surface area contributed by atoms with Crippen LogP contribution in [0.5, 0.6) is 0 Å². The molecule has 5 heteroatoms. The summed E-state index contributed by atoms with van der Waals surface area (Å²) >= 11 is 0. The Kier molecular flexibility index (Phi) is 3.02. The van der Waals surface area contributed by atoms with Crippen LogP contribution in [0.1, 0.15) is 17.4 Å². The van der Waals surface area contributed by atoms with E-state index in [-0.39, 0.29) is 6.04 Å². The maximum Gasteiger partial charge on any atom is 0.356 e. The van der Waals surface area contributed by atoms with Crippen molar-refractivity contribution in [1.29, 1.82) is 0 Å². The quantitative estimate of drug-likeness (QED) is 0.670. The molecule has 0 bridgehead atoms. The molecule has 0 spiro atoms. The summed E-state index contributed by atoms with van der Waals surface area (Å²) in [6.07, 6.45) is 3.03. The number of aromatic nitrogens is 2. The van der Waals surface area contributed by atoms with E-state index in [4.69, 9.17) is 5.73 Å². The molecule has 1 heterocycles.